The molecule has 0 aromatic heterocycles. The van der Waals surface area contributed by atoms with Crippen molar-refractivity contribution in [3.05, 3.63) is 29.8 Å². The molecule has 0 radical (unpaired) electrons. The van der Waals surface area contributed by atoms with Gasteiger partial charge in [-0.1, -0.05) is 52.2 Å². The normalized spacial score (nSPS) is 18.6. The molecular weight excluding hydrogens is 388 g/mol. The van der Waals surface area contributed by atoms with Crippen LogP contribution in [0.15, 0.2) is 24.3 Å². The molecule has 1 aliphatic heterocycles. The Kier molecular flexibility index (Phi) is 8.39. The number of likely N-dealkylation sites (tertiary alicyclic amines) is 1. The molecule has 0 atom stereocenters. The number of hydrogen-bond acceptors (Lipinski definition) is 3. The van der Waals surface area contributed by atoms with Crippen LogP contribution in [0.3, 0.4) is 0 Å². The Hall–Kier alpha value is -2.04. The molecule has 0 bridgehead atoms. The van der Waals surface area contributed by atoms with Crippen molar-refractivity contribution in [2.45, 2.75) is 90.0 Å². The monoisotopic (exact) mass is 428 g/mol. The number of nitrogens with one attached hydrogen (secondary N) is 1. The highest BCUT2D eigenvalue weighted by molar-refractivity contribution is 5.79. The molecule has 2 amide bonds. The summed E-state index contributed by atoms with van der Waals surface area (Å²) >= 11 is 0. The lowest BCUT2D eigenvalue weighted by molar-refractivity contribution is -0.137. The van der Waals surface area contributed by atoms with Gasteiger partial charge in [-0.05, 0) is 55.2 Å². The van der Waals surface area contributed by atoms with Gasteiger partial charge in [-0.2, -0.15) is 0 Å². The number of ether oxygens (including phenoxy) is 1. The van der Waals surface area contributed by atoms with Crippen LogP contribution in [-0.2, 0) is 15.0 Å². The Morgan fingerprint density at radius 2 is 1.65 bits per heavy atom. The van der Waals surface area contributed by atoms with Crippen molar-refractivity contribution >= 4 is 11.8 Å². The first-order valence-electron chi connectivity index (χ1n) is 12.1. The van der Waals surface area contributed by atoms with Gasteiger partial charge < -0.3 is 15.0 Å². The van der Waals surface area contributed by atoms with E-state index in [0.717, 1.165) is 44.5 Å². The Morgan fingerprint density at radius 3 is 2.26 bits per heavy atom. The Labute approximate surface area is 187 Å². The summed E-state index contributed by atoms with van der Waals surface area (Å²) in [6.07, 6.45) is 8.65. The van der Waals surface area contributed by atoms with Crippen LogP contribution in [0.2, 0.25) is 0 Å². The van der Waals surface area contributed by atoms with E-state index in [1.807, 2.05) is 17.0 Å². The third-order valence-corrected chi connectivity index (χ3v) is 6.66. The van der Waals surface area contributed by atoms with E-state index in [1.54, 1.807) is 0 Å². The van der Waals surface area contributed by atoms with Gasteiger partial charge in [0.25, 0.3) is 0 Å². The molecule has 5 nitrogen and oxygen atoms in total. The van der Waals surface area contributed by atoms with Crippen molar-refractivity contribution in [3.8, 4) is 5.75 Å². The van der Waals surface area contributed by atoms with Crippen molar-refractivity contribution in [1.82, 2.24) is 10.2 Å². The second-order valence-corrected chi connectivity index (χ2v) is 10.2. The minimum Gasteiger partial charge on any atom is -0.494 e. The second-order valence-electron chi connectivity index (χ2n) is 10.2. The lowest BCUT2D eigenvalue weighted by atomic mass is 9.87. The van der Waals surface area contributed by atoms with E-state index in [1.165, 1.54) is 24.8 Å². The average molecular weight is 429 g/mol. The zero-order chi connectivity index (χ0) is 22.3. The highest BCUT2D eigenvalue weighted by Gasteiger charge is 2.29. The van der Waals surface area contributed by atoms with Gasteiger partial charge in [-0.15, -0.1) is 0 Å². The predicted molar refractivity (Wildman–Crippen MR) is 124 cm³/mol. The fourth-order valence-corrected chi connectivity index (χ4v) is 4.63. The first kappa shape index (κ1) is 23.6. The Morgan fingerprint density at radius 1 is 1.00 bits per heavy atom. The smallest absolute Gasteiger partial charge is 0.225 e. The molecule has 172 valence electrons. The fourth-order valence-electron chi connectivity index (χ4n) is 4.63. The van der Waals surface area contributed by atoms with E-state index in [0.29, 0.717) is 25.4 Å². The number of amides is 2. The zero-order valence-electron chi connectivity index (χ0n) is 19.6. The van der Waals surface area contributed by atoms with Crippen LogP contribution in [0, 0.1) is 5.92 Å². The molecule has 1 heterocycles. The standard InChI is InChI=1S/C26H40N2O3/c1-26(2,3)21-11-13-23(14-12-21)31-19-7-10-24(29)27-22-15-17-28(18-16-22)25(30)20-8-5-4-6-9-20/h11-14,20,22H,4-10,15-19H2,1-3H3,(H,27,29). The SMILES string of the molecule is CC(C)(C)c1ccc(OCCCC(=O)NC2CCN(C(=O)C3CCCCC3)CC2)cc1. The molecule has 1 aliphatic carbocycles. The van der Waals surface area contributed by atoms with Gasteiger partial charge in [0.1, 0.15) is 5.75 Å². The van der Waals surface area contributed by atoms with Crippen LogP contribution in [0.4, 0.5) is 0 Å². The number of hydrogen-bond donors (Lipinski definition) is 1. The fraction of sp³-hybridized carbons (Fsp3) is 0.692. The van der Waals surface area contributed by atoms with Crippen LogP contribution >= 0.6 is 0 Å². The largest absolute Gasteiger partial charge is 0.494 e. The molecule has 5 heteroatoms. The van der Waals surface area contributed by atoms with Crippen molar-refractivity contribution in [3.63, 3.8) is 0 Å². The number of rotatable bonds is 7. The zero-order valence-corrected chi connectivity index (χ0v) is 19.6. The lowest BCUT2D eigenvalue weighted by Gasteiger charge is -2.35. The Balaban J connectivity index is 1.29. The third kappa shape index (κ3) is 7.26. The minimum absolute atomic E-state index is 0.0868. The molecule has 3 rings (SSSR count). The summed E-state index contributed by atoms with van der Waals surface area (Å²) in [5.74, 6) is 1.52. The maximum absolute atomic E-state index is 12.7. The van der Waals surface area contributed by atoms with Crippen LogP contribution < -0.4 is 10.1 Å². The molecule has 0 unspecified atom stereocenters. The summed E-state index contributed by atoms with van der Waals surface area (Å²) in [4.78, 5) is 27.0. The number of benzene rings is 1. The minimum atomic E-state index is 0.0868. The van der Waals surface area contributed by atoms with E-state index in [2.05, 4.69) is 38.2 Å². The third-order valence-electron chi connectivity index (χ3n) is 6.66. The van der Waals surface area contributed by atoms with Gasteiger partial charge >= 0.3 is 0 Å². The summed E-state index contributed by atoms with van der Waals surface area (Å²) in [5.41, 5.74) is 1.42. The highest BCUT2D eigenvalue weighted by Crippen LogP contribution is 2.27. The maximum atomic E-state index is 12.7. The van der Waals surface area contributed by atoms with E-state index in [9.17, 15) is 9.59 Å². The van der Waals surface area contributed by atoms with Crippen molar-refractivity contribution < 1.29 is 14.3 Å². The highest BCUT2D eigenvalue weighted by atomic mass is 16.5. The predicted octanol–water partition coefficient (Wildman–Crippen LogP) is 4.83. The van der Waals surface area contributed by atoms with E-state index >= 15 is 0 Å². The first-order chi connectivity index (χ1) is 14.8. The molecular formula is C26H40N2O3. The number of carbonyl (C=O) groups is 2. The van der Waals surface area contributed by atoms with Gasteiger partial charge in [-0.3, -0.25) is 9.59 Å². The Bertz CT molecular complexity index is 709. The van der Waals surface area contributed by atoms with Crippen LogP contribution in [0.25, 0.3) is 0 Å². The molecule has 31 heavy (non-hydrogen) atoms. The topological polar surface area (TPSA) is 58.6 Å². The number of carbonyl (C=O) groups excluding carboxylic acids is 2. The van der Waals surface area contributed by atoms with Gasteiger partial charge in [0, 0.05) is 31.5 Å². The second kappa shape index (κ2) is 11.0. The van der Waals surface area contributed by atoms with Crippen LogP contribution in [0.5, 0.6) is 5.75 Å². The average Bonchev–Trinajstić information content (AvgIpc) is 2.77. The molecule has 1 N–H and O–H groups in total. The number of nitrogens with zero attached hydrogens (tertiary/aromatic N) is 1. The van der Waals surface area contributed by atoms with Crippen molar-refractivity contribution in [2.24, 2.45) is 5.92 Å². The molecule has 2 aliphatic rings. The van der Waals surface area contributed by atoms with E-state index in [4.69, 9.17) is 4.74 Å². The van der Waals surface area contributed by atoms with Crippen molar-refractivity contribution in [2.75, 3.05) is 19.7 Å². The summed E-state index contributed by atoms with van der Waals surface area (Å²) in [5, 5.41) is 3.15. The summed E-state index contributed by atoms with van der Waals surface area (Å²) < 4.78 is 5.79. The maximum Gasteiger partial charge on any atom is 0.225 e. The lowest BCUT2D eigenvalue weighted by Crippen LogP contribution is -2.48. The van der Waals surface area contributed by atoms with Crippen LogP contribution in [-0.4, -0.2) is 42.5 Å². The molecule has 1 saturated heterocycles. The van der Waals surface area contributed by atoms with Crippen molar-refractivity contribution in [1.29, 1.82) is 0 Å². The summed E-state index contributed by atoms with van der Waals surface area (Å²) in [6.45, 7) is 8.67. The van der Waals surface area contributed by atoms with Gasteiger partial charge in [-0.25, -0.2) is 0 Å². The summed E-state index contributed by atoms with van der Waals surface area (Å²) in [6, 6.07) is 8.40. The molecule has 2 fully saturated rings. The number of piperidine rings is 1. The van der Waals surface area contributed by atoms with Gasteiger partial charge in [0.2, 0.25) is 11.8 Å². The molecule has 1 aromatic carbocycles. The molecule has 0 spiro atoms. The quantitative estimate of drug-likeness (QED) is 0.633. The first-order valence-corrected chi connectivity index (χ1v) is 12.1. The van der Waals surface area contributed by atoms with Gasteiger partial charge in [0.15, 0.2) is 0 Å². The molecule has 1 saturated carbocycles. The molecule has 1 aromatic rings. The van der Waals surface area contributed by atoms with E-state index in [-0.39, 0.29) is 23.3 Å². The summed E-state index contributed by atoms with van der Waals surface area (Å²) in [7, 11) is 0. The van der Waals surface area contributed by atoms with Crippen LogP contribution in [0.1, 0.15) is 84.1 Å². The van der Waals surface area contributed by atoms with Gasteiger partial charge in [0.05, 0.1) is 6.61 Å². The van der Waals surface area contributed by atoms with E-state index < -0.39 is 0 Å².